The van der Waals surface area contributed by atoms with Gasteiger partial charge in [0.2, 0.25) is 5.89 Å². The van der Waals surface area contributed by atoms with Crippen LogP contribution in [0, 0.1) is 6.92 Å². The summed E-state index contributed by atoms with van der Waals surface area (Å²) in [6.45, 7) is 3.28. The van der Waals surface area contributed by atoms with Crippen LogP contribution in [-0.2, 0) is 0 Å². The molecule has 0 bridgehead atoms. The second kappa shape index (κ2) is 5.13. The van der Waals surface area contributed by atoms with Crippen molar-refractivity contribution in [2.75, 3.05) is 13.1 Å². The lowest BCUT2D eigenvalue weighted by Crippen LogP contribution is -2.38. The highest BCUT2D eigenvalue weighted by Crippen LogP contribution is 2.27. The van der Waals surface area contributed by atoms with Gasteiger partial charge < -0.3 is 9.42 Å². The quantitative estimate of drug-likeness (QED) is 0.846. The molecule has 100 valence electrons. The van der Waals surface area contributed by atoms with Crippen molar-refractivity contribution in [1.29, 1.82) is 0 Å². The van der Waals surface area contributed by atoms with Gasteiger partial charge in [0.25, 0.3) is 5.91 Å². The first kappa shape index (κ1) is 12.3. The van der Waals surface area contributed by atoms with Crippen LogP contribution in [0.4, 0.5) is 0 Å². The molecule has 3 rings (SSSR count). The summed E-state index contributed by atoms with van der Waals surface area (Å²) in [5.74, 6) is 1.58. The topological polar surface area (TPSA) is 59.2 Å². The second-order valence-corrected chi connectivity index (χ2v) is 5.70. The summed E-state index contributed by atoms with van der Waals surface area (Å²) in [6, 6.07) is 3.77. The number of hydrogen-bond donors (Lipinski definition) is 0. The van der Waals surface area contributed by atoms with Gasteiger partial charge in [0.15, 0.2) is 5.82 Å². The zero-order valence-electron chi connectivity index (χ0n) is 10.7. The first-order valence-corrected chi connectivity index (χ1v) is 7.25. The largest absolute Gasteiger partial charge is 0.339 e. The fourth-order valence-electron chi connectivity index (χ4n) is 2.40. The van der Waals surface area contributed by atoms with Crippen LogP contribution in [-0.4, -0.2) is 34.0 Å². The number of carbonyl (C=O) groups excluding carboxylic acids is 1. The smallest absolute Gasteiger partial charge is 0.263 e. The maximum Gasteiger partial charge on any atom is 0.263 e. The molecule has 0 spiro atoms. The van der Waals surface area contributed by atoms with Gasteiger partial charge in [-0.25, -0.2) is 0 Å². The molecule has 0 aliphatic carbocycles. The second-order valence-electron chi connectivity index (χ2n) is 4.75. The number of amides is 1. The maximum atomic E-state index is 12.3. The third-order valence-electron chi connectivity index (χ3n) is 3.33. The van der Waals surface area contributed by atoms with Crippen LogP contribution in [0.5, 0.6) is 0 Å². The lowest BCUT2D eigenvalue weighted by molar-refractivity contribution is 0.0700. The molecule has 0 radical (unpaired) electrons. The van der Waals surface area contributed by atoms with Crippen molar-refractivity contribution in [3.05, 3.63) is 34.1 Å². The molecule has 0 aromatic carbocycles. The summed E-state index contributed by atoms with van der Waals surface area (Å²) < 4.78 is 5.23. The average Bonchev–Trinajstić information content (AvgIpc) is 3.09. The number of rotatable bonds is 2. The van der Waals surface area contributed by atoms with E-state index in [9.17, 15) is 4.79 Å². The summed E-state index contributed by atoms with van der Waals surface area (Å²) in [6.07, 6.45) is 1.97. The molecule has 6 heteroatoms. The molecule has 5 nitrogen and oxygen atoms in total. The van der Waals surface area contributed by atoms with Gasteiger partial charge in [-0.1, -0.05) is 11.2 Å². The molecule has 0 saturated carbocycles. The number of aromatic nitrogens is 2. The van der Waals surface area contributed by atoms with Crippen LogP contribution in [0.15, 0.2) is 22.0 Å². The average molecular weight is 277 g/mol. The van der Waals surface area contributed by atoms with Gasteiger partial charge in [0.1, 0.15) is 0 Å². The minimum absolute atomic E-state index is 0.107. The number of likely N-dealkylation sites (tertiary alicyclic amines) is 1. The molecule has 1 saturated heterocycles. The minimum atomic E-state index is 0.107. The molecule has 1 amide bonds. The lowest BCUT2D eigenvalue weighted by Gasteiger charge is -2.30. The number of piperidine rings is 1. The van der Waals surface area contributed by atoms with E-state index in [1.165, 1.54) is 11.3 Å². The maximum absolute atomic E-state index is 12.3. The summed E-state index contributed by atoms with van der Waals surface area (Å²) in [5.41, 5.74) is 0. The zero-order chi connectivity index (χ0) is 13.2. The van der Waals surface area contributed by atoms with Crippen LogP contribution in [0.2, 0.25) is 0 Å². The first-order valence-electron chi connectivity index (χ1n) is 6.37. The van der Waals surface area contributed by atoms with E-state index in [-0.39, 0.29) is 11.8 Å². The van der Waals surface area contributed by atoms with Gasteiger partial charge in [-0.2, -0.15) is 4.98 Å². The third kappa shape index (κ3) is 2.53. The first-order chi connectivity index (χ1) is 9.24. The van der Waals surface area contributed by atoms with E-state index in [0.29, 0.717) is 18.3 Å². The Morgan fingerprint density at radius 2 is 2.47 bits per heavy atom. The molecule has 0 N–H and O–H groups in total. The monoisotopic (exact) mass is 277 g/mol. The van der Waals surface area contributed by atoms with E-state index in [1.807, 2.05) is 29.3 Å². The summed E-state index contributed by atoms with van der Waals surface area (Å²) >= 11 is 1.48. The van der Waals surface area contributed by atoms with Gasteiger partial charge in [-0.05, 0) is 31.2 Å². The number of hydrogen-bond acceptors (Lipinski definition) is 5. The van der Waals surface area contributed by atoms with Gasteiger partial charge in [-0.15, -0.1) is 11.3 Å². The van der Waals surface area contributed by atoms with Crippen molar-refractivity contribution in [3.8, 4) is 0 Å². The van der Waals surface area contributed by atoms with Gasteiger partial charge in [0, 0.05) is 13.1 Å². The highest BCUT2D eigenvalue weighted by Gasteiger charge is 2.28. The Labute approximate surface area is 115 Å². The highest BCUT2D eigenvalue weighted by atomic mass is 32.1. The Kier molecular flexibility index (Phi) is 3.33. The van der Waals surface area contributed by atoms with Crippen LogP contribution in [0.25, 0.3) is 0 Å². The Morgan fingerprint density at radius 3 is 3.16 bits per heavy atom. The normalized spacial score (nSPS) is 19.6. The molecule has 1 unspecified atom stereocenters. The summed E-state index contributed by atoms with van der Waals surface area (Å²) in [5, 5.41) is 5.75. The van der Waals surface area contributed by atoms with Crippen LogP contribution in [0.1, 0.15) is 40.1 Å². The standard InChI is InChI=1S/C13H15N3O2S/c1-9-14-12(18-15-9)10-4-2-6-16(8-10)13(17)11-5-3-7-19-11/h3,5,7,10H,2,4,6,8H2,1H3. The molecular formula is C13H15N3O2S. The van der Waals surface area contributed by atoms with Crippen LogP contribution in [0.3, 0.4) is 0 Å². The Bertz CT molecular complexity index is 564. The lowest BCUT2D eigenvalue weighted by atomic mass is 9.98. The predicted octanol–water partition coefficient (Wildman–Crippen LogP) is 2.46. The minimum Gasteiger partial charge on any atom is -0.339 e. The third-order valence-corrected chi connectivity index (χ3v) is 4.19. The van der Waals surface area contributed by atoms with Crippen molar-refractivity contribution in [2.24, 2.45) is 0 Å². The van der Waals surface area contributed by atoms with Crippen LogP contribution >= 0.6 is 11.3 Å². The molecule has 2 aromatic heterocycles. The fraction of sp³-hybridized carbons (Fsp3) is 0.462. The Balaban J connectivity index is 1.73. The summed E-state index contributed by atoms with van der Waals surface area (Å²) in [7, 11) is 0. The van der Waals surface area contributed by atoms with Crippen molar-refractivity contribution in [1.82, 2.24) is 15.0 Å². The molecule has 1 fully saturated rings. The number of thiophene rings is 1. The number of nitrogens with zero attached hydrogens (tertiary/aromatic N) is 3. The Hall–Kier alpha value is -1.69. The van der Waals surface area contributed by atoms with Crippen LogP contribution < -0.4 is 0 Å². The molecule has 19 heavy (non-hydrogen) atoms. The van der Waals surface area contributed by atoms with Gasteiger partial charge >= 0.3 is 0 Å². The van der Waals surface area contributed by atoms with E-state index in [0.717, 1.165) is 24.3 Å². The SMILES string of the molecule is Cc1noc(C2CCCN(C(=O)c3cccs3)C2)n1. The molecule has 3 heterocycles. The van der Waals surface area contributed by atoms with Crippen molar-refractivity contribution >= 4 is 17.2 Å². The van der Waals surface area contributed by atoms with E-state index < -0.39 is 0 Å². The highest BCUT2D eigenvalue weighted by molar-refractivity contribution is 7.12. The van der Waals surface area contributed by atoms with Gasteiger partial charge in [0.05, 0.1) is 10.8 Å². The fourth-order valence-corrected chi connectivity index (χ4v) is 3.09. The van der Waals surface area contributed by atoms with Crippen molar-refractivity contribution in [3.63, 3.8) is 0 Å². The van der Waals surface area contributed by atoms with E-state index in [4.69, 9.17) is 4.52 Å². The van der Waals surface area contributed by atoms with Gasteiger partial charge in [-0.3, -0.25) is 4.79 Å². The zero-order valence-corrected chi connectivity index (χ0v) is 11.5. The molecule has 1 atom stereocenters. The molecule has 1 aliphatic rings. The Morgan fingerprint density at radius 1 is 1.58 bits per heavy atom. The van der Waals surface area contributed by atoms with Crippen molar-refractivity contribution < 1.29 is 9.32 Å². The number of carbonyl (C=O) groups is 1. The molecular weight excluding hydrogens is 262 g/mol. The van der Waals surface area contributed by atoms with E-state index in [1.54, 1.807) is 0 Å². The number of aryl methyl sites for hydroxylation is 1. The van der Waals surface area contributed by atoms with E-state index in [2.05, 4.69) is 10.1 Å². The van der Waals surface area contributed by atoms with Crippen molar-refractivity contribution in [2.45, 2.75) is 25.7 Å². The van der Waals surface area contributed by atoms with E-state index >= 15 is 0 Å². The molecule has 1 aliphatic heterocycles. The summed E-state index contributed by atoms with van der Waals surface area (Å²) in [4.78, 5) is 19.3. The molecule has 2 aromatic rings. The predicted molar refractivity (Wildman–Crippen MR) is 71.2 cm³/mol.